The molecule has 0 aromatic heterocycles. The van der Waals surface area contributed by atoms with Crippen molar-refractivity contribution in [2.75, 3.05) is 18.4 Å². The standard InChI is InChI=1S/C32H34N4O5S/c1-24-10-12-25(13-11-24)18-20-36(21-19-31(37)35-39)42(40,41)30-16-14-29(15-17-30)34-32(38)33-23-26-6-5-9-28(22-26)27-7-3-2-4-8-27/h2-17,22,39H,18-21,23H2,1H3,(H,35,37)(H2,33,34,38). The van der Waals surface area contributed by atoms with Gasteiger partial charge in [-0.3, -0.25) is 10.0 Å². The molecule has 0 unspecified atom stereocenters. The molecule has 0 atom stereocenters. The number of amides is 3. The summed E-state index contributed by atoms with van der Waals surface area (Å²) in [4.78, 5) is 24.2. The summed E-state index contributed by atoms with van der Waals surface area (Å²) >= 11 is 0. The van der Waals surface area contributed by atoms with Crippen molar-refractivity contribution in [1.29, 1.82) is 0 Å². The Hall–Kier alpha value is -4.51. The number of hydrogen-bond acceptors (Lipinski definition) is 5. The van der Waals surface area contributed by atoms with Crippen molar-refractivity contribution in [2.45, 2.75) is 31.2 Å². The molecule has 0 bridgehead atoms. The van der Waals surface area contributed by atoms with Gasteiger partial charge in [-0.15, -0.1) is 0 Å². The molecular weight excluding hydrogens is 552 g/mol. The molecule has 0 spiro atoms. The van der Waals surface area contributed by atoms with Crippen LogP contribution in [0.5, 0.6) is 0 Å². The molecule has 42 heavy (non-hydrogen) atoms. The monoisotopic (exact) mass is 586 g/mol. The van der Waals surface area contributed by atoms with Crippen LogP contribution in [-0.2, 0) is 27.8 Å². The first kappa shape index (κ1) is 30.4. The molecule has 0 heterocycles. The van der Waals surface area contributed by atoms with E-state index < -0.39 is 22.0 Å². The maximum Gasteiger partial charge on any atom is 0.319 e. The molecule has 9 nitrogen and oxygen atoms in total. The zero-order valence-electron chi connectivity index (χ0n) is 23.3. The molecule has 0 aliphatic carbocycles. The van der Waals surface area contributed by atoms with Gasteiger partial charge >= 0.3 is 6.03 Å². The molecule has 0 radical (unpaired) electrons. The summed E-state index contributed by atoms with van der Waals surface area (Å²) in [6.07, 6.45) is 0.256. The normalized spacial score (nSPS) is 11.2. The van der Waals surface area contributed by atoms with Gasteiger partial charge in [-0.1, -0.05) is 78.4 Å². The van der Waals surface area contributed by atoms with E-state index in [0.29, 0.717) is 18.7 Å². The Bertz CT molecular complexity index is 1590. The average Bonchev–Trinajstić information content (AvgIpc) is 3.01. The minimum atomic E-state index is -3.96. The fourth-order valence-electron chi connectivity index (χ4n) is 4.35. The lowest BCUT2D eigenvalue weighted by Crippen LogP contribution is -2.36. The van der Waals surface area contributed by atoms with Crippen molar-refractivity contribution >= 4 is 27.6 Å². The first-order valence-electron chi connectivity index (χ1n) is 13.5. The van der Waals surface area contributed by atoms with E-state index in [1.165, 1.54) is 28.6 Å². The number of urea groups is 1. The second-order valence-electron chi connectivity index (χ2n) is 9.82. The van der Waals surface area contributed by atoms with Gasteiger partial charge < -0.3 is 10.6 Å². The van der Waals surface area contributed by atoms with Crippen molar-refractivity contribution in [1.82, 2.24) is 15.1 Å². The number of carbonyl (C=O) groups is 2. The van der Waals surface area contributed by atoms with E-state index in [2.05, 4.69) is 10.6 Å². The van der Waals surface area contributed by atoms with E-state index >= 15 is 0 Å². The van der Waals surface area contributed by atoms with Gasteiger partial charge in [0.05, 0.1) is 4.90 Å². The summed E-state index contributed by atoms with van der Waals surface area (Å²) in [5.74, 6) is -0.678. The molecule has 10 heteroatoms. The Morgan fingerprint density at radius 3 is 2.17 bits per heavy atom. The van der Waals surface area contributed by atoms with E-state index in [9.17, 15) is 18.0 Å². The van der Waals surface area contributed by atoms with Gasteiger partial charge in [0.1, 0.15) is 0 Å². The predicted octanol–water partition coefficient (Wildman–Crippen LogP) is 5.11. The van der Waals surface area contributed by atoms with Gasteiger partial charge in [-0.25, -0.2) is 18.7 Å². The summed E-state index contributed by atoms with van der Waals surface area (Å²) in [6.45, 7) is 2.34. The van der Waals surface area contributed by atoms with Crippen LogP contribution in [0.15, 0.2) is 108 Å². The van der Waals surface area contributed by atoms with Gasteiger partial charge in [-0.05, 0) is 65.9 Å². The predicted molar refractivity (Wildman–Crippen MR) is 162 cm³/mol. The highest BCUT2D eigenvalue weighted by Crippen LogP contribution is 2.21. The number of hydroxylamine groups is 1. The lowest BCUT2D eigenvalue weighted by Gasteiger charge is -2.22. The summed E-state index contributed by atoms with van der Waals surface area (Å²) in [5.41, 5.74) is 7.11. The Morgan fingerprint density at radius 2 is 1.48 bits per heavy atom. The van der Waals surface area contributed by atoms with Crippen LogP contribution in [0.1, 0.15) is 23.1 Å². The molecular formula is C32H34N4O5S. The molecule has 0 saturated carbocycles. The average molecular weight is 587 g/mol. The number of carbonyl (C=O) groups excluding carboxylic acids is 2. The molecule has 0 saturated heterocycles. The van der Waals surface area contributed by atoms with Gasteiger partial charge in [0.2, 0.25) is 15.9 Å². The third kappa shape index (κ3) is 8.50. The van der Waals surface area contributed by atoms with Gasteiger partial charge in [0.25, 0.3) is 0 Å². The zero-order chi connectivity index (χ0) is 30.0. The molecule has 4 aromatic carbocycles. The lowest BCUT2D eigenvalue weighted by molar-refractivity contribution is -0.129. The van der Waals surface area contributed by atoms with Crippen LogP contribution in [0.4, 0.5) is 10.5 Å². The molecule has 4 N–H and O–H groups in total. The highest BCUT2D eigenvalue weighted by molar-refractivity contribution is 7.89. The molecule has 0 aliphatic heterocycles. The minimum absolute atomic E-state index is 0.0273. The first-order chi connectivity index (χ1) is 20.2. The number of sulfonamides is 1. The summed E-state index contributed by atoms with van der Waals surface area (Å²) in [5, 5.41) is 14.4. The van der Waals surface area contributed by atoms with E-state index in [-0.39, 0.29) is 24.4 Å². The number of aryl methyl sites for hydroxylation is 1. The smallest absolute Gasteiger partial charge is 0.319 e. The van der Waals surface area contributed by atoms with Crippen LogP contribution in [0.25, 0.3) is 11.1 Å². The van der Waals surface area contributed by atoms with Gasteiger partial charge in [-0.2, -0.15) is 4.31 Å². The molecule has 3 amide bonds. The van der Waals surface area contributed by atoms with Crippen molar-refractivity contribution < 1.29 is 23.2 Å². The fourth-order valence-corrected chi connectivity index (χ4v) is 5.79. The lowest BCUT2D eigenvalue weighted by atomic mass is 10.0. The molecule has 0 fully saturated rings. The number of nitrogens with one attached hydrogen (secondary N) is 3. The van der Waals surface area contributed by atoms with E-state index in [0.717, 1.165) is 27.8 Å². The van der Waals surface area contributed by atoms with Crippen molar-refractivity contribution in [3.63, 3.8) is 0 Å². The molecule has 0 aliphatic rings. The van der Waals surface area contributed by atoms with Crippen LogP contribution < -0.4 is 16.1 Å². The second-order valence-corrected chi connectivity index (χ2v) is 11.8. The number of benzene rings is 4. The van der Waals surface area contributed by atoms with Crippen LogP contribution in [0, 0.1) is 6.92 Å². The minimum Gasteiger partial charge on any atom is -0.334 e. The Balaban J connectivity index is 1.37. The fraction of sp³-hybridized carbons (Fsp3) is 0.188. The van der Waals surface area contributed by atoms with Crippen molar-refractivity contribution in [3.8, 4) is 11.1 Å². The van der Waals surface area contributed by atoms with Crippen molar-refractivity contribution in [2.24, 2.45) is 0 Å². The summed E-state index contributed by atoms with van der Waals surface area (Å²) < 4.78 is 28.1. The number of nitrogens with zero attached hydrogens (tertiary/aromatic N) is 1. The highest BCUT2D eigenvalue weighted by Gasteiger charge is 2.25. The van der Waals surface area contributed by atoms with Crippen molar-refractivity contribution in [3.05, 3.63) is 120 Å². The van der Waals surface area contributed by atoms with E-state index in [4.69, 9.17) is 5.21 Å². The summed E-state index contributed by atoms with van der Waals surface area (Å²) in [7, 11) is -3.96. The highest BCUT2D eigenvalue weighted by atomic mass is 32.2. The SMILES string of the molecule is Cc1ccc(CCN(CCC(=O)NO)S(=O)(=O)c2ccc(NC(=O)NCc3cccc(-c4ccccc4)c3)cc2)cc1. The van der Waals surface area contributed by atoms with Gasteiger partial charge in [0, 0.05) is 31.7 Å². The Labute approximate surface area is 246 Å². The molecule has 218 valence electrons. The second kappa shape index (κ2) is 14.4. The van der Waals surface area contributed by atoms with E-state index in [1.54, 1.807) is 5.48 Å². The van der Waals surface area contributed by atoms with Crippen LogP contribution in [-0.4, -0.2) is 43.0 Å². The number of anilines is 1. The third-order valence-electron chi connectivity index (χ3n) is 6.72. The van der Waals surface area contributed by atoms with Crippen LogP contribution >= 0.6 is 0 Å². The Kier molecular flexibility index (Phi) is 10.4. The maximum absolute atomic E-state index is 13.5. The summed E-state index contributed by atoms with van der Waals surface area (Å²) in [6, 6.07) is 31.1. The largest absolute Gasteiger partial charge is 0.334 e. The third-order valence-corrected chi connectivity index (χ3v) is 8.63. The van der Waals surface area contributed by atoms with Crippen LogP contribution in [0.2, 0.25) is 0 Å². The van der Waals surface area contributed by atoms with Crippen LogP contribution in [0.3, 0.4) is 0 Å². The zero-order valence-corrected chi connectivity index (χ0v) is 24.1. The number of rotatable bonds is 12. The van der Waals surface area contributed by atoms with Gasteiger partial charge in [0.15, 0.2) is 0 Å². The molecule has 4 rings (SSSR count). The quantitative estimate of drug-likeness (QED) is 0.135. The van der Waals surface area contributed by atoms with E-state index in [1.807, 2.05) is 85.8 Å². The molecule has 4 aromatic rings. The first-order valence-corrected chi connectivity index (χ1v) is 15.0. The number of hydrogen-bond donors (Lipinski definition) is 4. The Morgan fingerprint density at radius 1 is 0.786 bits per heavy atom. The topological polar surface area (TPSA) is 128 Å². The maximum atomic E-state index is 13.5.